The number of rotatable bonds is 7. The van der Waals surface area contributed by atoms with E-state index < -0.39 is 0 Å². The van der Waals surface area contributed by atoms with E-state index in [-0.39, 0.29) is 0 Å². The third-order valence-electron chi connectivity index (χ3n) is 3.91. The van der Waals surface area contributed by atoms with Gasteiger partial charge in [0.15, 0.2) is 0 Å². The number of likely N-dealkylation sites (tertiary alicyclic amines) is 1. The van der Waals surface area contributed by atoms with Crippen LogP contribution in [0, 0.1) is 0 Å². The molecule has 2 rings (SSSR count). The largest absolute Gasteiger partial charge is 0.475 e. The molecule has 1 N–H and O–H groups in total. The number of methoxy groups -OCH3 is 1. The van der Waals surface area contributed by atoms with Crippen LogP contribution in [0.5, 0.6) is 5.88 Å². The molecule has 0 aliphatic carbocycles. The van der Waals surface area contributed by atoms with Gasteiger partial charge in [0.05, 0.1) is 18.5 Å². The van der Waals surface area contributed by atoms with Crippen molar-refractivity contribution >= 4 is 5.69 Å². The zero-order valence-electron chi connectivity index (χ0n) is 13.2. The van der Waals surface area contributed by atoms with Crippen molar-refractivity contribution < 1.29 is 9.47 Å². The van der Waals surface area contributed by atoms with Crippen molar-refractivity contribution in [3.8, 4) is 5.88 Å². The van der Waals surface area contributed by atoms with Crippen LogP contribution < -0.4 is 10.1 Å². The maximum Gasteiger partial charge on any atom is 0.213 e. The molecule has 5 heteroatoms. The molecule has 0 aromatic carbocycles. The molecule has 21 heavy (non-hydrogen) atoms. The van der Waals surface area contributed by atoms with Crippen molar-refractivity contribution in [2.45, 2.75) is 32.2 Å². The Labute approximate surface area is 127 Å². The lowest BCUT2D eigenvalue weighted by atomic mass is 10.1. The Morgan fingerprint density at radius 3 is 2.90 bits per heavy atom. The molecule has 1 saturated heterocycles. The second-order valence-electron chi connectivity index (χ2n) is 5.43. The van der Waals surface area contributed by atoms with Crippen molar-refractivity contribution in [2.24, 2.45) is 0 Å². The maximum absolute atomic E-state index is 5.47. The molecule has 1 unspecified atom stereocenters. The van der Waals surface area contributed by atoms with E-state index in [0.717, 1.165) is 12.2 Å². The lowest BCUT2D eigenvalue weighted by Crippen LogP contribution is -2.26. The molecule has 2 heterocycles. The smallest absolute Gasteiger partial charge is 0.213 e. The van der Waals surface area contributed by atoms with Gasteiger partial charge in [0, 0.05) is 25.8 Å². The van der Waals surface area contributed by atoms with Crippen LogP contribution >= 0.6 is 0 Å². The first-order valence-corrected chi connectivity index (χ1v) is 7.88. The standard InChI is InChI=1S/C16H27N3O2/c1-3-19-9-4-5-14(8-10-19)18-15-6-7-16(17-13-15)21-12-11-20-2/h6-7,13-14,18H,3-5,8-12H2,1-2H3. The molecule has 118 valence electrons. The molecule has 0 bridgehead atoms. The Balaban J connectivity index is 1.79. The Morgan fingerprint density at radius 2 is 2.19 bits per heavy atom. The molecule has 0 amide bonds. The van der Waals surface area contributed by atoms with Gasteiger partial charge in [-0.1, -0.05) is 6.92 Å². The van der Waals surface area contributed by atoms with Gasteiger partial charge < -0.3 is 19.7 Å². The highest BCUT2D eigenvalue weighted by Crippen LogP contribution is 2.18. The first-order chi connectivity index (χ1) is 10.3. The second kappa shape index (κ2) is 8.85. The molecule has 0 radical (unpaired) electrons. The molecule has 0 spiro atoms. The highest BCUT2D eigenvalue weighted by atomic mass is 16.5. The first kappa shape index (κ1) is 16.0. The van der Waals surface area contributed by atoms with Crippen molar-refractivity contribution in [3.63, 3.8) is 0 Å². The van der Waals surface area contributed by atoms with Crippen molar-refractivity contribution in [3.05, 3.63) is 18.3 Å². The van der Waals surface area contributed by atoms with E-state index in [4.69, 9.17) is 9.47 Å². The van der Waals surface area contributed by atoms with E-state index in [9.17, 15) is 0 Å². The van der Waals surface area contributed by atoms with Crippen molar-refractivity contribution in [2.75, 3.05) is 45.3 Å². The van der Waals surface area contributed by atoms with E-state index in [2.05, 4.69) is 22.1 Å². The van der Waals surface area contributed by atoms with Crippen LogP contribution in [0.15, 0.2) is 18.3 Å². The lowest BCUT2D eigenvalue weighted by Gasteiger charge is -2.19. The summed E-state index contributed by atoms with van der Waals surface area (Å²) in [7, 11) is 1.66. The maximum atomic E-state index is 5.47. The van der Waals surface area contributed by atoms with Crippen molar-refractivity contribution in [1.82, 2.24) is 9.88 Å². The lowest BCUT2D eigenvalue weighted by molar-refractivity contribution is 0.144. The fourth-order valence-corrected chi connectivity index (χ4v) is 2.63. The molecule has 1 fully saturated rings. The second-order valence-corrected chi connectivity index (χ2v) is 5.43. The summed E-state index contributed by atoms with van der Waals surface area (Å²) in [5.41, 5.74) is 1.07. The highest BCUT2D eigenvalue weighted by Gasteiger charge is 2.15. The summed E-state index contributed by atoms with van der Waals surface area (Å²) in [6.07, 6.45) is 5.53. The van der Waals surface area contributed by atoms with E-state index in [1.807, 2.05) is 18.3 Å². The minimum Gasteiger partial charge on any atom is -0.475 e. The number of hydrogen-bond donors (Lipinski definition) is 1. The molecular weight excluding hydrogens is 266 g/mol. The molecule has 1 atom stereocenters. The summed E-state index contributed by atoms with van der Waals surface area (Å²) < 4.78 is 10.4. The van der Waals surface area contributed by atoms with Gasteiger partial charge in [-0.05, 0) is 38.4 Å². The van der Waals surface area contributed by atoms with Crippen LogP contribution in [-0.2, 0) is 4.74 Å². The number of nitrogens with one attached hydrogen (secondary N) is 1. The molecule has 1 aromatic heterocycles. The molecule has 5 nitrogen and oxygen atoms in total. The monoisotopic (exact) mass is 293 g/mol. The minimum absolute atomic E-state index is 0.533. The number of anilines is 1. The van der Waals surface area contributed by atoms with Gasteiger partial charge in [-0.15, -0.1) is 0 Å². The van der Waals surface area contributed by atoms with Gasteiger partial charge in [-0.2, -0.15) is 0 Å². The Kier molecular flexibility index (Phi) is 6.76. The number of nitrogens with zero attached hydrogens (tertiary/aromatic N) is 2. The van der Waals surface area contributed by atoms with Crippen LogP contribution in [0.25, 0.3) is 0 Å². The Bertz CT molecular complexity index is 397. The summed E-state index contributed by atoms with van der Waals surface area (Å²) >= 11 is 0. The van der Waals surface area contributed by atoms with Gasteiger partial charge in [0.2, 0.25) is 5.88 Å². The number of pyridine rings is 1. The van der Waals surface area contributed by atoms with Crippen LogP contribution in [0.2, 0.25) is 0 Å². The fourth-order valence-electron chi connectivity index (χ4n) is 2.63. The van der Waals surface area contributed by atoms with Crippen LogP contribution in [0.3, 0.4) is 0 Å². The third kappa shape index (κ3) is 5.52. The van der Waals surface area contributed by atoms with Crippen LogP contribution in [0.1, 0.15) is 26.2 Å². The van der Waals surface area contributed by atoms with Crippen LogP contribution in [0.4, 0.5) is 5.69 Å². The van der Waals surface area contributed by atoms with E-state index >= 15 is 0 Å². The topological polar surface area (TPSA) is 46.6 Å². The Morgan fingerprint density at radius 1 is 1.29 bits per heavy atom. The Hall–Kier alpha value is -1.33. The summed E-state index contributed by atoms with van der Waals surface area (Å²) in [4.78, 5) is 6.84. The van der Waals surface area contributed by atoms with E-state index in [0.29, 0.717) is 25.1 Å². The summed E-state index contributed by atoms with van der Waals surface area (Å²) in [6, 6.07) is 4.49. The van der Waals surface area contributed by atoms with Gasteiger partial charge in [-0.25, -0.2) is 4.98 Å². The number of hydrogen-bond acceptors (Lipinski definition) is 5. The van der Waals surface area contributed by atoms with Gasteiger partial charge in [-0.3, -0.25) is 0 Å². The van der Waals surface area contributed by atoms with Gasteiger partial charge >= 0.3 is 0 Å². The third-order valence-corrected chi connectivity index (χ3v) is 3.91. The van der Waals surface area contributed by atoms with Crippen LogP contribution in [-0.4, -0.2) is 55.9 Å². The minimum atomic E-state index is 0.533. The SMILES string of the molecule is CCN1CCCC(Nc2ccc(OCCOC)nc2)CC1. The summed E-state index contributed by atoms with van der Waals surface area (Å²) in [5.74, 6) is 0.649. The number of ether oxygens (including phenoxy) is 2. The average Bonchev–Trinajstić information content (AvgIpc) is 2.74. The normalized spacial score (nSPS) is 20.0. The van der Waals surface area contributed by atoms with Crippen molar-refractivity contribution in [1.29, 1.82) is 0 Å². The van der Waals surface area contributed by atoms with Gasteiger partial charge in [0.25, 0.3) is 0 Å². The van der Waals surface area contributed by atoms with E-state index in [1.165, 1.54) is 32.4 Å². The molecule has 1 aromatic rings. The quantitative estimate of drug-likeness (QED) is 0.782. The molecular formula is C16H27N3O2. The van der Waals surface area contributed by atoms with E-state index in [1.54, 1.807) is 7.11 Å². The molecule has 1 aliphatic rings. The zero-order chi connectivity index (χ0) is 14.9. The van der Waals surface area contributed by atoms with Gasteiger partial charge in [0.1, 0.15) is 6.61 Å². The predicted molar refractivity (Wildman–Crippen MR) is 85.0 cm³/mol. The highest BCUT2D eigenvalue weighted by molar-refractivity contribution is 5.43. The fraction of sp³-hybridized carbons (Fsp3) is 0.688. The predicted octanol–water partition coefficient (Wildman–Crippen LogP) is 2.39. The summed E-state index contributed by atoms with van der Waals surface area (Å²) in [5, 5.41) is 3.59. The summed E-state index contributed by atoms with van der Waals surface area (Å²) in [6.45, 7) is 6.91. The molecule has 1 aliphatic heterocycles. The number of aromatic nitrogens is 1. The zero-order valence-corrected chi connectivity index (χ0v) is 13.2. The average molecular weight is 293 g/mol. The first-order valence-electron chi connectivity index (χ1n) is 7.88. The molecule has 0 saturated carbocycles.